The molecule has 5 nitrogen and oxygen atoms in total. The summed E-state index contributed by atoms with van der Waals surface area (Å²) in [5.41, 5.74) is 4.75. The minimum atomic E-state index is 0. The molecule has 0 aliphatic rings. The van der Waals surface area contributed by atoms with Crippen molar-refractivity contribution >= 4 is 29.9 Å². The molecule has 0 amide bonds. The highest BCUT2D eigenvalue weighted by Gasteiger charge is 2.06. The Bertz CT molecular complexity index is 733. The van der Waals surface area contributed by atoms with E-state index in [0.29, 0.717) is 26.4 Å². The normalized spacial score (nSPS) is 10.9. The summed E-state index contributed by atoms with van der Waals surface area (Å²) in [5, 5.41) is 6.70. The van der Waals surface area contributed by atoms with Crippen molar-refractivity contribution in [3.63, 3.8) is 0 Å². The highest BCUT2D eigenvalue weighted by molar-refractivity contribution is 14.0. The van der Waals surface area contributed by atoms with Crippen LogP contribution in [0.15, 0.2) is 47.5 Å². The van der Waals surface area contributed by atoms with E-state index in [1.165, 1.54) is 16.7 Å². The molecular weight excluding hydrogens is 465 g/mol. The Morgan fingerprint density at radius 3 is 2.29 bits per heavy atom. The van der Waals surface area contributed by atoms with E-state index >= 15 is 0 Å². The van der Waals surface area contributed by atoms with Gasteiger partial charge in [-0.25, -0.2) is 0 Å². The van der Waals surface area contributed by atoms with E-state index in [1.807, 2.05) is 6.92 Å². The van der Waals surface area contributed by atoms with Gasteiger partial charge in [0.25, 0.3) is 0 Å². The lowest BCUT2D eigenvalue weighted by atomic mass is 10.1. The molecule has 0 aliphatic heterocycles. The molecule has 2 rings (SSSR count). The van der Waals surface area contributed by atoms with Crippen LogP contribution >= 0.6 is 24.0 Å². The third kappa shape index (κ3) is 8.48. The van der Waals surface area contributed by atoms with Gasteiger partial charge in [-0.15, -0.1) is 24.0 Å². The number of hydrogen-bond acceptors (Lipinski definition) is 3. The van der Waals surface area contributed by atoms with Crippen molar-refractivity contribution < 1.29 is 9.47 Å². The van der Waals surface area contributed by atoms with Crippen molar-refractivity contribution in [2.75, 3.05) is 26.9 Å². The smallest absolute Gasteiger partial charge is 0.191 e. The van der Waals surface area contributed by atoms with Gasteiger partial charge in [0, 0.05) is 32.3 Å². The van der Waals surface area contributed by atoms with Crippen LogP contribution in [-0.4, -0.2) is 32.8 Å². The Morgan fingerprint density at radius 1 is 0.929 bits per heavy atom. The lowest BCUT2D eigenvalue weighted by Gasteiger charge is -2.15. The molecule has 0 atom stereocenters. The van der Waals surface area contributed by atoms with Crippen LogP contribution in [0.3, 0.4) is 0 Å². The summed E-state index contributed by atoms with van der Waals surface area (Å²) in [5.74, 6) is 1.65. The van der Waals surface area contributed by atoms with Gasteiger partial charge in [-0.05, 0) is 38.0 Å². The molecule has 0 spiro atoms. The lowest BCUT2D eigenvalue weighted by Crippen LogP contribution is -2.36. The first-order chi connectivity index (χ1) is 13.1. The van der Waals surface area contributed by atoms with Gasteiger partial charge in [0.05, 0.1) is 6.61 Å². The maximum Gasteiger partial charge on any atom is 0.191 e. The topological polar surface area (TPSA) is 54.9 Å². The van der Waals surface area contributed by atoms with Crippen LogP contribution in [0, 0.1) is 13.8 Å². The molecular formula is C22H32IN3O2. The van der Waals surface area contributed by atoms with Crippen molar-refractivity contribution in [2.24, 2.45) is 4.99 Å². The molecule has 0 fully saturated rings. The van der Waals surface area contributed by atoms with Gasteiger partial charge in [-0.1, -0.05) is 42.0 Å². The summed E-state index contributed by atoms with van der Waals surface area (Å²) in [6.07, 6.45) is 0. The molecule has 0 unspecified atom stereocenters. The Hall–Kier alpha value is -1.80. The van der Waals surface area contributed by atoms with Crippen LogP contribution in [0.4, 0.5) is 0 Å². The first kappa shape index (κ1) is 24.2. The van der Waals surface area contributed by atoms with Gasteiger partial charge < -0.3 is 20.1 Å². The molecule has 2 aromatic carbocycles. The summed E-state index contributed by atoms with van der Waals surface area (Å²) in [6.45, 7) is 9.35. The number of aliphatic imine (C=N–C) groups is 1. The summed E-state index contributed by atoms with van der Waals surface area (Å²) in [4.78, 5) is 4.30. The molecule has 6 heteroatoms. The van der Waals surface area contributed by atoms with Crippen molar-refractivity contribution in [1.82, 2.24) is 10.6 Å². The van der Waals surface area contributed by atoms with Crippen molar-refractivity contribution in [2.45, 2.75) is 33.9 Å². The van der Waals surface area contributed by atoms with Crippen LogP contribution in [-0.2, 0) is 17.8 Å². The molecule has 0 saturated carbocycles. The summed E-state index contributed by atoms with van der Waals surface area (Å²) >= 11 is 0. The molecule has 28 heavy (non-hydrogen) atoms. The molecule has 0 heterocycles. The first-order valence-electron chi connectivity index (χ1n) is 9.42. The molecule has 0 radical (unpaired) electrons. The fourth-order valence-corrected chi connectivity index (χ4v) is 2.59. The third-order valence-corrected chi connectivity index (χ3v) is 4.16. The number of halogens is 1. The van der Waals surface area contributed by atoms with Crippen LogP contribution in [0.2, 0.25) is 0 Å². The molecule has 2 N–H and O–H groups in total. The Balaban J connectivity index is 0.00000392. The number of nitrogens with one attached hydrogen (secondary N) is 2. The van der Waals surface area contributed by atoms with E-state index < -0.39 is 0 Å². The Labute approximate surface area is 186 Å². The summed E-state index contributed by atoms with van der Waals surface area (Å²) in [7, 11) is 1.78. The van der Waals surface area contributed by atoms with E-state index in [2.05, 4.69) is 71.9 Å². The van der Waals surface area contributed by atoms with Crippen molar-refractivity contribution in [1.29, 1.82) is 0 Å². The van der Waals surface area contributed by atoms with Crippen LogP contribution in [0.25, 0.3) is 0 Å². The average Bonchev–Trinajstić information content (AvgIpc) is 2.68. The quantitative estimate of drug-likeness (QED) is 0.236. The maximum absolute atomic E-state index is 5.90. The summed E-state index contributed by atoms with van der Waals surface area (Å²) < 4.78 is 11.3. The monoisotopic (exact) mass is 497 g/mol. The standard InChI is InChI=1S/C22H31N3O2.HI/c1-5-26-12-13-27-21-14-18(3)8-11-20(21)16-25-22(23-4)24-15-19-9-6-17(2)7-10-19;/h6-11,14H,5,12-13,15-16H2,1-4H3,(H2,23,24,25);1H. The number of nitrogens with zero attached hydrogens (tertiary/aromatic N) is 1. The summed E-state index contributed by atoms with van der Waals surface area (Å²) in [6, 6.07) is 14.7. The van der Waals surface area contributed by atoms with E-state index in [1.54, 1.807) is 7.05 Å². The third-order valence-electron chi connectivity index (χ3n) is 4.16. The van der Waals surface area contributed by atoms with Gasteiger partial charge in [-0.2, -0.15) is 0 Å². The highest BCUT2D eigenvalue weighted by Crippen LogP contribution is 2.20. The van der Waals surface area contributed by atoms with Crippen molar-refractivity contribution in [3.8, 4) is 5.75 Å². The van der Waals surface area contributed by atoms with Gasteiger partial charge in [0.2, 0.25) is 0 Å². The molecule has 0 aromatic heterocycles. The predicted molar refractivity (Wildman–Crippen MR) is 127 cm³/mol. The zero-order chi connectivity index (χ0) is 19.5. The number of hydrogen-bond donors (Lipinski definition) is 2. The van der Waals surface area contributed by atoms with Crippen LogP contribution in [0.5, 0.6) is 5.75 Å². The van der Waals surface area contributed by atoms with E-state index in [9.17, 15) is 0 Å². The van der Waals surface area contributed by atoms with Gasteiger partial charge in [0.1, 0.15) is 12.4 Å². The molecule has 154 valence electrons. The second-order valence-corrected chi connectivity index (χ2v) is 6.42. The fourth-order valence-electron chi connectivity index (χ4n) is 2.59. The number of benzene rings is 2. The highest BCUT2D eigenvalue weighted by atomic mass is 127. The predicted octanol–water partition coefficient (Wildman–Crippen LogP) is 4.20. The Kier molecular flexibility index (Phi) is 11.6. The molecule has 2 aromatic rings. The fraction of sp³-hybridized carbons (Fsp3) is 0.409. The second kappa shape index (κ2) is 13.4. The number of rotatable bonds is 9. The molecule has 0 bridgehead atoms. The number of aryl methyl sites for hydroxylation is 2. The SMILES string of the molecule is CCOCCOc1cc(C)ccc1CNC(=NC)NCc1ccc(C)cc1.I. The minimum absolute atomic E-state index is 0. The van der Waals surface area contributed by atoms with Crippen LogP contribution in [0.1, 0.15) is 29.2 Å². The molecule has 0 aliphatic carbocycles. The average molecular weight is 497 g/mol. The zero-order valence-electron chi connectivity index (χ0n) is 17.2. The Morgan fingerprint density at radius 2 is 1.61 bits per heavy atom. The van der Waals surface area contributed by atoms with E-state index in [4.69, 9.17) is 9.47 Å². The lowest BCUT2D eigenvalue weighted by molar-refractivity contribution is 0.110. The number of guanidine groups is 1. The van der Waals surface area contributed by atoms with Crippen LogP contribution < -0.4 is 15.4 Å². The van der Waals surface area contributed by atoms with Gasteiger partial charge in [0.15, 0.2) is 5.96 Å². The van der Waals surface area contributed by atoms with E-state index in [-0.39, 0.29) is 24.0 Å². The second-order valence-electron chi connectivity index (χ2n) is 6.42. The number of ether oxygens (including phenoxy) is 2. The van der Waals surface area contributed by atoms with Gasteiger partial charge >= 0.3 is 0 Å². The zero-order valence-corrected chi connectivity index (χ0v) is 19.6. The maximum atomic E-state index is 5.90. The largest absolute Gasteiger partial charge is 0.491 e. The van der Waals surface area contributed by atoms with E-state index in [0.717, 1.165) is 23.8 Å². The first-order valence-corrected chi connectivity index (χ1v) is 9.42. The molecule has 0 saturated heterocycles. The van der Waals surface area contributed by atoms with Crippen molar-refractivity contribution in [3.05, 3.63) is 64.7 Å². The minimum Gasteiger partial charge on any atom is -0.491 e. The van der Waals surface area contributed by atoms with Gasteiger partial charge in [-0.3, -0.25) is 4.99 Å².